The number of methoxy groups -OCH3 is 1. The summed E-state index contributed by atoms with van der Waals surface area (Å²) >= 11 is 1.18. The van der Waals surface area contributed by atoms with E-state index in [1.165, 1.54) is 27.8 Å². The molecule has 4 nitrogen and oxygen atoms in total. The molecule has 0 aliphatic carbocycles. The molecule has 1 aromatic heterocycles. The highest BCUT2D eigenvalue weighted by Crippen LogP contribution is 2.38. The Labute approximate surface area is 174 Å². The van der Waals surface area contributed by atoms with E-state index < -0.39 is 15.8 Å². The Balaban J connectivity index is 1.71. The molecule has 4 rings (SSSR count). The molecule has 29 heavy (non-hydrogen) atoms. The second-order valence-corrected chi connectivity index (χ2v) is 10.0. The van der Waals surface area contributed by atoms with Crippen molar-refractivity contribution in [3.05, 3.63) is 76.9 Å². The molecule has 0 spiro atoms. The minimum Gasteiger partial charge on any atom is -0.496 e. The Morgan fingerprint density at radius 1 is 1.17 bits per heavy atom. The minimum absolute atomic E-state index is 0.249. The number of para-hydroxylation sites is 1. The third-order valence-corrected chi connectivity index (χ3v) is 8.55. The summed E-state index contributed by atoms with van der Waals surface area (Å²) in [7, 11) is -2.13. The van der Waals surface area contributed by atoms with Crippen molar-refractivity contribution < 1.29 is 17.5 Å². The number of hydrogen-bond donors (Lipinski definition) is 0. The Morgan fingerprint density at radius 3 is 2.76 bits per heavy atom. The van der Waals surface area contributed by atoms with E-state index in [0.717, 1.165) is 23.3 Å². The third-order valence-electron chi connectivity index (χ3n) is 5.31. The fraction of sp³-hybridized carbons (Fsp3) is 0.273. The van der Waals surface area contributed by atoms with Gasteiger partial charge in [-0.25, -0.2) is 12.8 Å². The Kier molecular flexibility index (Phi) is 5.61. The third kappa shape index (κ3) is 3.89. The molecule has 0 bridgehead atoms. The van der Waals surface area contributed by atoms with Crippen LogP contribution in [0.25, 0.3) is 0 Å². The number of ether oxygens (including phenoxy) is 1. The lowest BCUT2D eigenvalue weighted by Gasteiger charge is -2.37. The number of sulfonamides is 1. The van der Waals surface area contributed by atoms with Crippen LogP contribution in [0.3, 0.4) is 0 Å². The van der Waals surface area contributed by atoms with Crippen LogP contribution in [0.1, 0.15) is 24.0 Å². The van der Waals surface area contributed by atoms with Gasteiger partial charge in [-0.05, 0) is 66.5 Å². The fourth-order valence-corrected chi connectivity index (χ4v) is 6.73. The average molecular weight is 432 g/mol. The molecule has 3 aromatic rings. The summed E-state index contributed by atoms with van der Waals surface area (Å²) in [5, 5.41) is 1.74. The van der Waals surface area contributed by atoms with Gasteiger partial charge in [-0.15, -0.1) is 11.3 Å². The monoisotopic (exact) mass is 431 g/mol. The molecule has 1 unspecified atom stereocenters. The van der Waals surface area contributed by atoms with Crippen molar-refractivity contribution in [3.63, 3.8) is 0 Å². The zero-order valence-corrected chi connectivity index (χ0v) is 17.7. The highest BCUT2D eigenvalue weighted by Gasteiger charge is 2.36. The maximum atomic E-state index is 14.0. The molecule has 2 heterocycles. The number of benzene rings is 2. The van der Waals surface area contributed by atoms with Crippen LogP contribution in [0, 0.1) is 5.82 Å². The summed E-state index contributed by atoms with van der Waals surface area (Å²) in [5.41, 5.74) is 2.35. The lowest BCUT2D eigenvalue weighted by atomic mass is 9.93. The van der Waals surface area contributed by atoms with Gasteiger partial charge in [0, 0.05) is 6.04 Å². The molecule has 0 fully saturated rings. The van der Waals surface area contributed by atoms with E-state index in [4.69, 9.17) is 4.74 Å². The van der Waals surface area contributed by atoms with Gasteiger partial charge >= 0.3 is 0 Å². The van der Waals surface area contributed by atoms with Crippen LogP contribution in [0.2, 0.25) is 0 Å². The normalized spacial score (nSPS) is 16.5. The number of hydrogen-bond acceptors (Lipinski definition) is 4. The molecule has 0 N–H and O–H groups in total. The molecule has 7 heteroatoms. The molecule has 1 aliphatic rings. The first-order valence-corrected chi connectivity index (χ1v) is 11.8. The quantitative estimate of drug-likeness (QED) is 0.549. The number of rotatable bonds is 6. The van der Waals surface area contributed by atoms with Crippen LogP contribution in [0.4, 0.5) is 10.1 Å². The number of halogens is 1. The lowest BCUT2D eigenvalue weighted by molar-refractivity contribution is 0.407. The second-order valence-electron chi connectivity index (χ2n) is 7.05. The number of fused-ring (bicyclic) bond motifs is 1. The highest BCUT2D eigenvalue weighted by molar-refractivity contribution is 7.94. The molecule has 152 valence electrons. The van der Waals surface area contributed by atoms with E-state index >= 15 is 0 Å². The Bertz CT molecular complexity index is 1100. The number of aryl methyl sites for hydroxylation is 2. The van der Waals surface area contributed by atoms with Crippen molar-refractivity contribution in [2.75, 3.05) is 11.4 Å². The predicted molar refractivity (Wildman–Crippen MR) is 114 cm³/mol. The van der Waals surface area contributed by atoms with E-state index in [9.17, 15) is 12.8 Å². The van der Waals surface area contributed by atoms with Crippen molar-refractivity contribution in [2.45, 2.75) is 35.9 Å². The summed E-state index contributed by atoms with van der Waals surface area (Å²) in [5.74, 6) is 0.364. The van der Waals surface area contributed by atoms with Crippen LogP contribution in [-0.4, -0.2) is 21.6 Å². The van der Waals surface area contributed by atoms with Gasteiger partial charge in [0.25, 0.3) is 10.0 Å². The molecule has 0 saturated carbocycles. The van der Waals surface area contributed by atoms with Crippen LogP contribution in [-0.2, 0) is 22.9 Å². The topological polar surface area (TPSA) is 46.6 Å². The average Bonchev–Trinajstić information content (AvgIpc) is 3.27. The summed E-state index contributed by atoms with van der Waals surface area (Å²) in [6, 6.07) is 15.3. The largest absolute Gasteiger partial charge is 0.496 e. The first-order chi connectivity index (χ1) is 14.0. The van der Waals surface area contributed by atoms with Crippen molar-refractivity contribution in [2.24, 2.45) is 0 Å². The van der Waals surface area contributed by atoms with E-state index in [1.807, 2.05) is 24.3 Å². The number of thiophene rings is 1. The molecule has 0 amide bonds. The summed E-state index contributed by atoms with van der Waals surface area (Å²) in [6.07, 6.45) is 2.72. The van der Waals surface area contributed by atoms with Gasteiger partial charge in [-0.2, -0.15) is 0 Å². The maximum Gasteiger partial charge on any atom is 0.274 e. The van der Waals surface area contributed by atoms with E-state index in [2.05, 4.69) is 0 Å². The molecule has 1 aliphatic heterocycles. The molecule has 0 saturated heterocycles. The van der Waals surface area contributed by atoms with Crippen molar-refractivity contribution in [1.82, 2.24) is 0 Å². The van der Waals surface area contributed by atoms with Crippen molar-refractivity contribution >= 4 is 27.0 Å². The van der Waals surface area contributed by atoms with Gasteiger partial charge in [0.2, 0.25) is 0 Å². The van der Waals surface area contributed by atoms with Crippen LogP contribution >= 0.6 is 11.3 Å². The zero-order valence-electron chi connectivity index (χ0n) is 16.0. The molecule has 2 aromatic carbocycles. The maximum absolute atomic E-state index is 14.0. The Morgan fingerprint density at radius 2 is 2.00 bits per heavy atom. The minimum atomic E-state index is -3.76. The molecule has 1 atom stereocenters. The first kappa shape index (κ1) is 19.9. The second kappa shape index (κ2) is 8.16. The van der Waals surface area contributed by atoms with Crippen molar-refractivity contribution in [3.8, 4) is 5.75 Å². The Hall–Kier alpha value is -2.38. The van der Waals surface area contributed by atoms with Gasteiger partial charge < -0.3 is 4.74 Å². The van der Waals surface area contributed by atoms with Crippen LogP contribution in [0.5, 0.6) is 5.75 Å². The van der Waals surface area contributed by atoms with Crippen molar-refractivity contribution in [1.29, 1.82) is 0 Å². The lowest BCUT2D eigenvalue weighted by Crippen LogP contribution is -2.43. The van der Waals surface area contributed by atoms with Gasteiger partial charge in [0.15, 0.2) is 0 Å². The van der Waals surface area contributed by atoms with Gasteiger partial charge in [-0.1, -0.05) is 30.3 Å². The van der Waals surface area contributed by atoms with E-state index in [0.29, 0.717) is 24.9 Å². The van der Waals surface area contributed by atoms with Gasteiger partial charge in [-0.3, -0.25) is 4.31 Å². The summed E-state index contributed by atoms with van der Waals surface area (Å²) in [6.45, 7) is 0. The standard InChI is InChI=1S/C22H22FNO3S2/c1-27-21-6-3-2-5-17(21)10-13-19-12-9-16-8-11-18(23)15-20(16)24(19)29(25,26)22-7-4-14-28-22/h2-8,11,14-15,19H,9-10,12-13H2,1H3. The van der Waals surface area contributed by atoms with Crippen LogP contribution in [0.15, 0.2) is 64.2 Å². The first-order valence-electron chi connectivity index (χ1n) is 9.49. The molecular formula is C22H22FNO3S2. The molecule has 0 radical (unpaired) electrons. The zero-order chi connectivity index (χ0) is 20.4. The number of nitrogens with zero attached hydrogens (tertiary/aromatic N) is 1. The van der Waals surface area contributed by atoms with E-state index in [1.54, 1.807) is 30.7 Å². The van der Waals surface area contributed by atoms with Crippen LogP contribution < -0.4 is 9.04 Å². The van der Waals surface area contributed by atoms with Gasteiger partial charge in [0.1, 0.15) is 15.8 Å². The smallest absolute Gasteiger partial charge is 0.274 e. The van der Waals surface area contributed by atoms with Gasteiger partial charge in [0.05, 0.1) is 12.8 Å². The fourth-order valence-electron chi connectivity index (χ4n) is 3.92. The SMILES string of the molecule is COc1ccccc1CCC1CCc2ccc(F)cc2N1S(=O)(=O)c1cccs1. The highest BCUT2D eigenvalue weighted by atomic mass is 32.2. The predicted octanol–water partition coefficient (Wildman–Crippen LogP) is 5.04. The summed E-state index contributed by atoms with van der Waals surface area (Å²) in [4.78, 5) is 0. The molecular weight excluding hydrogens is 409 g/mol. The number of anilines is 1. The van der Waals surface area contributed by atoms with E-state index in [-0.39, 0.29) is 10.3 Å². The summed E-state index contributed by atoms with van der Waals surface area (Å²) < 4.78 is 48.1.